The van der Waals surface area contributed by atoms with Gasteiger partial charge in [-0.25, -0.2) is 8.78 Å². The molecule has 14 heavy (non-hydrogen) atoms. The average Bonchev–Trinajstić information content (AvgIpc) is 2.14. The predicted molar refractivity (Wildman–Crippen MR) is 58.4 cm³/mol. The van der Waals surface area contributed by atoms with E-state index in [1.54, 1.807) is 6.92 Å². The number of alkyl halides is 1. The lowest BCUT2D eigenvalue weighted by Gasteiger charge is -2.04. The van der Waals surface area contributed by atoms with Gasteiger partial charge >= 0.3 is 0 Å². The molecule has 0 fully saturated rings. The van der Waals surface area contributed by atoms with E-state index < -0.39 is 11.6 Å². The van der Waals surface area contributed by atoms with Crippen LogP contribution < -0.4 is 0 Å². The zero-order valence-electron chi connectivity index (χ0n) is 7.86. The van der Waals surface area contributed by atoms with Crippen LogP contribution in [0.5, 0.6) is 0 Å². The number of hydrogen-bond donors (Lipinski definition) is 0. The van der Waals surface area contributed by atoms with E-state index in [-0.39, 0.29) is 5.56 Å². The molecule has 1 rings (SSSR count). The third kappa shape index (κ3) is 2.64. The first-order valence-electron chi connectivity index (χ1n) is 4.34. The highest BCUT2D eigenvalue weighted by Gasteiger charge is 2.08. The highest BCUT2D eigenvalue weighted by molar-refractivity contribution is 9.09. The van der Waals surface area contributed by atoms with Crippen molar-refractivity contribution in [2.24, 2.45) is 0 Å². The van der Waals surface area contributed by atoms with Gasteiger partial charge < -0.3 is 0 Å². The second-order valence-electron chi connectivity index (χ2n) is 2.96. The molecule has 76 valence electrons. The summed E-state index contributed by atoms with van der Waals surface area (Å²) in [6.45, 7) is 1.71. The largest absolute Gasteiger partial charge is 0.206 e. The summed E-state index contributed by atoms with van der Waals surface area (Å²) in [6, 6.07) is 3.90. The first-order chi connectivity index (χ1) is 6.66. The van der Waals surface area contributed by atoms with E-state index >= 15 is 0 Å². The van der Waals surface area contributed by atoms with Gasteiger partial charge in [0.05, 0.1) is 0 Å². The molecule has 0 aliphatic carbocycles. The van der Waals surface area contributed by atoms with Crippen LogP contribution >= 0.6 is 15.9 Å². The number of allylic oxidation sites excluding steroid dienone is 2. The third-order valence-corrected chi connectivity index (χ3v) is 2.37. The molecule has 0 aromatic heterocycles. The van der Waals surface area contributed by atoms with Crippen LogP contribution in [0.25, 0.3) is 5.57 Å². The fraction of sp³-hybridized carbons (Fsp3) is 0.273. The van der Waals surface area contributed by atoms with Gasteiger partial charge in [-0.05, 0) is 31.1 Å². The minimum atomic E-state index is -0.506. The fourth-order valence-corrected chi connectivity index (χ4v) is 1.48. The summed E-state index contributed by atoms with van der Waals surface area (Å²) in [4.78, 5) is 0. The van der Waals surface area contributed by atoms with Gasteiger partial charge in [-0.2, -0.15) is 0 Å². The Morgan fingerprint density at radius 1 is 1.36 bits per heavy atom. The van der Waals surface area contributed by atoms with Gasteiger partial charge in [-0.15, -0.1) is 0 Å². The number of rotatable bonds is 3. The molecule has 1 aromatic rings. The smallest absolute Gasteiger partial charge is 0.133 e. The Morgan fingerprint density at radius 2 is 1.93 bits per heavy atom. The zero-order valence-corrected chi connectivity index (χ0v) is 9.44. The molecule has 0 aliphatic heterocycles. The Labute approximate surface area is 90.8 Å². The first-order valence-corrected chi connectivity index (χ1v) is 5.46. The molecule has 0 radical (unpaired) electrons. The number of hydrogen-bond acceptors (Lipinski definition) is 0. The summed E-state index contributed by atoms with van der Waals surface area (Å²) in [7, 11) is 0. The summed E-state index contributed by atoms with van der Waals surface area (Å²) < 4.78 is 26.5. The second kappa shape index (κ2) is 5.25. The molecular weight excluding hydrogens is 250 g/mol. The standard InChI is InChI=1S/C11H11BrF2/c1-8(4-3-7-12)11-9(13)5-2-6-10(11)14/h2,4-6H,3,7H2,1H3/b8-4-. The summed E-state index contributed by atoms with van der Waals surface area (Å²) in [5.41, 5.74) is 0.716. The maximum Gasteiger partial charge on any atom is 0.133 e. The topological polar surface area (TPSA) is 0 Å². The molecule has 0 amide bonds. The SMILES string of the molecule is C/C(=C/CCBr)c1c(F)cccc1F. The van der Waals surface area contributed by atoms with Crippen LogP contribution in [0, 0.1) is 11.6 Å². The molecule has 0 bridgehead atoms. The summed E-state index contributed by atoms with van der Waals surface area (Å²) in [6.07, 6.45) is 2.58. The van der Waals surface area contributed by atoms with E-state index in [0.29, 0.717) is 5.57 Å². The highest BCUT2D eigenvalue weighted by atomic mass is 79.9. The highest BCUT2D eigenvalue weighted by Crippen LogP contribution is 2.21. The van der Waals surface area contributed by atoms with Gasteiger partial charge in [-0.3, -0.25) is 0 Å². The quantitative estimate of drug-likeness (QED) is 0.717. The Kier molecular flexibility index (Phi) is 4.26. The monoisotopic (exact) mass is 260 g/mol. The normalized spacial score (nSPS) is 11.9. The van der Waals surface area contributed by atoms with Crippen molar-refractivity contribution in [3.8, 4) is 0 Å². The van der Waals surface area contributed by atoms with Crippen LogP contribution in [0.15, 0.2) is 24.3 Å². The third-order valence-electron chi connectivity index (χ3n) is 1.92. The van der Waals surface area contributed by atoms with Crippen molar-refractivity contribution in [1.82, 2.24) is 0 Å². The molecule has 0 spiro atoms. The van der Waals surface area contributed by atoms with Gasteiger partial charge in [0.2, 0.25) is 0 Å². The van der Waals surface area contributed by atoms with Crippen LogP contribution in [0.4, 0.5) is 8.78 Å². The van der Waals surface area contributed by atoms with E-state index in [4.69, 9.17) is 0 Å². The average molecular weight is 261 g/mol. The van der Waals surface area contributed by atoms with E-state index in [1.807, 2.05) is 6.08 Å². The molecule has 0 unspecified atom stereocenters. The molecule has 0 atom stereocenters. The van der Waals surface area contributed by atoms with Crippen molar-refractivity contribution >= 4 is 21.5 Å². The Balaban J connectivity index is 3.05. The van der Waals surface area contributed by atoms with E-state index in [2.05, 4.69) is 15.9 Å². The summed E-state index contributed by atoms with van der Waals surface area (Å²) >= 11 is 3.26. The Morgan fingerprint density at radius 3 is 2.43 bits per heavy atom. The van der Waals surface area contributed by atoms with Crippen LogP contribution in [-0.4, -0.2) is 5.33 Å². The molecule has 0 nitrogen and oxygen atoms in total. The van der Waals surface area contributed by atoms with Gasteiger partial charge in [0.1, 0.15) is 11.6 Å². The van der Waals surface area contributed by atoms with E-state index in [9.17, 15) is 8.78 Å². The fourth-order valence-electron chi connectivity index (χ4n) is 1.25. The van der Waals surface area contributed by atoms with Crippen molar-refractivity contribution < 1.29 is 8.78 Å². The van der Waals surface area contributed by atoms with Gasteiger partial charge in [0, 0.05) is 10.9 Å². The number of halogens is 3. The van der Waals surface area contributed by atoms with E-state index in [0.717, 1.165) is 11.8 Å². The minimum Gasteiger partial charge on any atom is -0.206 e. The van der Waals surface area contributed by atoms with Crippen LogP contribution in [-0.2, 0) is 0 Å². The first kappa shape index (κ1) is 11.4. The van der Waals surface area contributed by atoms with Gasteiger partial charge in [-0.1, -0.05) is 28.1 Å². The lowest BCUT2D eigenvalue weighted by Crippen LogP contribution is -1.92. The van der Waals surface area contributed by atoms with Crippen molar-refractivity contribution in [3.63, 3.8) is 0 Å². The van der Waals surface area contributed by atoms with Crippen LogP contribution in [0.3, 0.4) is 0 Å². The Hall–Kier alpha value is -0.700. The second-order valence-corrected chi connectivity index (χ2v) is 3.75. The van der Waals surface area contributed by atoms with Crippen molar-refractivity contribution in [3.05, 3.63) is 41.5 Å². The van der Waals surface area contributed by atoms with Crippen molar-refractivity contribution in [2.75, 3.05) is 5.33 Å². The molecule has 3 heteroatoms. The van der Waals surface area contributed by atoms with Crippen molar-refractivity contribution in [2.45, 2.75) is 13.3 Å². The maximum absolute atomic E-state index is 13.2. The summed E-state index contributed by atoms with van der Waals surface area (Å²) in [5.74, 6) is -1.01. The molecule has 0 aliphatic rings. The minimum absolute atomic E-state index is 0.0773. The molecule has 1 aromatic carbocycles. The summed E-state index contributed by atoms with van der Waals surface area (Å²) in [5, 5.41) is 0.792. The lowest BCUT2D eigenvalue weighted by molar-refractivity contribution is 0.577. The molecule has 0 N–H and O–H groups in total. The lowest BCUT2D eigenvalue weighted by atomic mass is 10.1. The Bertz CT molecular complexity index is 325. The molecule has 0 saturated carbocycles. The predicted octanol–water partition coefficient (Wildman–Crippen LogP) is 4.15. The molecular formula is C11H11BrF2. The molecule has 0 heterocycles. The van der Waals surface area contributed by atoms with E-state index in [1.165, 1.54) is 18.2 Å². The maximum atomic E-state index is 13.2. The van der Waals surface area contributed by atoms with Crippen LogP contribution in [0.2, 0.25) is 0 Å². The molecule has 0 saturated heterocycles. The zero-order chi connectivity index (χ0) is 10.6. The number of benzene rings is 1. The van der Waals surface area contributed by atoms with Crippen molar-refractivity contribution in [1.29, 1.82) is 0 Å². The van der Waals surface area contributed by atoms with Crippen LogP contribution in [0.1, 0.15) is 18.9 Å². The van der Waals surface area contributed by atoms with Gasteiger partial charge in [0.15, 0.2) is 0 Å². The van der Waals surface area contributed by atoms with Gasteiger partial charge in [0.25, 0.3) is 0 Å².